The maximum absolute atomic E-state index is 13.1. The number of hydrogen-bond acceptors (Lipinski definition) is 2. The van der Waals surface area contributed by atoms with Crippen molar-refractivity contribution in [2.24, 2.45) is 11.8 Å². The summed E-state index contributed by atoms with van der Waals surface area (Å²) < 4.78 is 44.7. The number of Topliss-reactive ketones (excluding diaryl/α,β-unsaturated/α-hetero) is 1. The number of halogens is 3. The van der Waals surface area contributed by atoms with Crippen LogP contribution in [0.5, 0.6) is 0 Å². The molecule has 0 aliphatic heterocycles. The summed E-state index contributed by atoms with van der Waals surface area (Å²) in [5.41, 5.74) is 0.528. The summed E-state index contributed by atoms with van der Waals surface area (Å²) in [6.07, 6.45) is -2.84. The maximum Gasteiger partial charge on any atom is 0.392 e. The molecule has 2 atom stereocenters. The van der Waals surface area contributed by atoms with Gasteiger partial charge in [0.2, 0.25) is 5.78 Å². The lowest BCUT2D eigenvalue weighted by atomic mass is 9.76. The third-order valence-corrected chi connectivity index (χ3v) is 4.19. The predicted octanol–water partition coefficient (Wildman–Crippen LogP) is 4.98. The van der Waals surface area contributed by atoms with Crippen LogP contribution in [0, 0.1) is 11.8 Å². The first-order valence-corrected chi connectivity index (χ1v) is 7.06. The van der Waals surface area contributed by atoms with Crippen molar-refractivity contribution in [3.63, 3.8) is 0 Å². The normalized spacial score (nSPS) is 23.4. The Morgan fingerprint density at radius 2 is 1.86 bits per heavy atom. The summed E-state index contributed by atoms with van der Waals surface area (Å²) in [6.45, 7) is 0. The molecule has 1 aromatic heterocycles. The van der Waals surface area contributed by atoms with E-state index in [2.05, 4.69) is 0 Å². The first-order valence-electron chi connectivity index (χ1n) is 7.06. The Morgan fingerprint density at radius 1 is 1.14 bits per heavy atom. The highest BCUT2D eigenvalue weighted by Gasteiger charge is 2.48. The van der Waals surface area contributed by atoms with E-state index in [4.69, 9.17) is 4.42 Å². The van der Waals surface area contributed by atoms with Crippen LogP contribution in [-0.4, -0.2) is 12.0 Å². The van der Waals surface area contributed by atoms with Gasteiger partial charge in [0.1, 0.15) is 5.58 Å². The number of carbonyl (C=O) groups excluding carboxylic acids is 1. The lowest BCUT2D eigenvalue weighted by Crippen LogP contribution is -2.37. The van der Waals surface area contributed by atoms with Gasteiger partial charge in [-0.2, -0.15) is 13.2 Å². The zero-order valence-electron chi connectivity index (χ0n) is 11.3. The van der Waals surface area contributed by atoms with E-state index in [0.29, 0.717) is 18.4 Å². The van der Waals surface area contributed by atoms with Gasteiger partial charge in [-0.1, -0.05) is 31.0 Å². The standard InChI is InChI=1S/C16H15F3O2/c17-16(18,19)12-7-3-2-6-11(12)15(20)14-9-10-5-1-4-8-13(10)21-14/h1,4-5,8-9,11-12H,2-3,6-7H2. The van der Waals surface area contributed by atoms with Gasteiger partial charge >= 0.3 is 6.18 Å². The highest BCUT2D eigenvalue weighted by Crippen LogP contribution is 2.43. The molecule has 0 N–H and O–H groups in total. The number of ketones is 1. The van der Waals surface area contributed by atoms with Crippen molar-refractivity contribution in [1.29, 1.82) is 0 Å². The fraction of sp³-hybridized carbons (Fsp3) is 0.438. The van der Waals surface area contributed by atoms with Crippen LogP contribution in [0.3, 0.4) is 0 Å². The first kappa shape index (κ1) is 14.2. The van der Waals surface area contributed by atoms with Gasteiger partial charge in [0.05, 0.1) is 5.92 Å². The molecule has 5 heteroatoms. The van der Waals surface area contributed by atoms with E-state index in [9.17, 15) is 18.0 Å². The second kappa shape index (κ2) is 5.20. The molecule has 1 heterocycles. The maximum atomic E-state index is 13.1. The van der Waals surface area contributed by atoms with Gasteiger partial charge in [0, 0.05) is 11.3 Å². The molecule has 0 spiro atoms. The highest BCUT2D eigenvalue weighted by atomic mass is 19.4. The zero-order chi connectivity index (χ0) is 15.0. The Labute approximate surface area is 119 Å². The van der Waals surface area contributed by atoms with Gasteiger partial charge in [-0.25, -0.2) is 0 Å². The number of benzene rings is 1. The van der Waals surface area contributed by atoms with Gasteiger partial charge in [-0.15, -0.1) is 0 Å². The second-order valence-corrected chi connectivity index (χ2v) is 5.55. The van der Waals surface area contributed by atoms with Crippen molar-refractivity contribution in [3.05, 3.63) is 36.1 Å². The summed E-state index contributed by atoms with van der Waals surface area (Å²) in [4.78, 5) is 12.4. The average Bonchev–Trinajstić information content (AvgIpc) is 2.89. The van der Waals surface area contributed by atoms with Gasteiger partial charge in [-0.3, -0.25) is 4.79 Å². The number of hydrogen-bond donors (Lipinski definition) is 0. The minimum atomic E-state index is -4.33. The smallest absolute Gasteiger partial charge is 0.392 e. The Bertz CT molecular complexity index is 624. The Morgan fingerprint density at radius 3 is 2.57 bits per heavy atom. The quantitative estimate of drug-likeness (QED) is 0.731. The van der Waals surface area contributed by atoms with E-state index in [1.54, 1.807) is 30.3 Å². The molecular weight excluding hydrogens is 281 g/mol. The van der Waals surface area contributed by atoms with Crippen LogP contribution >= 0.6 is 0 Å². The van der Waals surface area contributed by atoms with E-state index < -0.39 is 23.8 Å². The molecule has 1 fully saturated rings. The minimum Gasteiger partial charge on any atom is -0.453 e. The predicted molar refractivity (Wildman–Crippen MR) is 72.0 cm³/mol. The number of para-hydroxylation sites is 1. The van der Waals surface area contributed by atoms with Crippen molar-refractivity contribution in [1.82, 2.24) is 0 Å². The van der Waals surface area contributed by atoms with E-state index in [1.165, 1.54) is 0 Å². The van der Waals surface area contributed by atoms with Crippen LogP contribution < -0.4 is 0 Å². The molecule has 1 aromatic carbocycles. The monoisotopic (exact) mass is 296 g/mol. The number of alkyl halides is 3. The van der Waals surface area contributed by atoms with Gasteiger partial charge in [0.25, 0.3) is 0 Å². The van der Waals surface area contributed by atoms with Crippen molar-refractivity contribution in [3.8, 4) is 0 Å². The lowest BCUT2D eigenvalue weighted by Gasteiger charge is -2.31. The summed E-state index contributed by atoms with van der Waals surface area (Å²) in [7, 11) is 0. The molecule has 0 saturated heterocycles. The largest absolute Gasteiger partial charge is 0.453 e. The molecule has 0 bridgehead atoms. The van der Waals surface area contributed by atoms with E-state index in [1.807, 2.05) is 0 Å². The lowest BCUT2D eigenvalue weighted by molar-refractivity contribution is -0.191. The Balaban J connectivity index is 1.92. The van der Waals surface area contributed by atoms with E-state index >= 15 is 0 Å². The minimum absolute atomic E-state index is 0.0279. The summed E-state index contributed by atoms with van der Waals surface area (Å²) in [5, 5.41) is 0.736. The van der Waals surface area contributed by atoms with Gasteiger partial charge in [0.15, 0.2) is 5.76 Å². The molecule has 21 heavy (non-hydrogen) atoms. The van der Waals surface area contributed by atoms with E-state index in [0.717, 1.165) is 5.39 Å². The first-order chi connectivity index (χ1) is 9.97. The van der Waals surface area contributed by atoms with Crippen LogP contribution in [-0.2, 0) is 0 Å². The van der Waals surface area contributed by atoms with Gasteiger partial charge in [-0.05, 0) is 25.0 Å². The molecule has 0 amide bonds. The van der Waals surface area contributed by atoms with Crippen molar-refractivity contribution in [2.45, 2.75) is 31.9 Å². The Hall–Kier alpha value is -1.78. The average molecular weight is 296 g/mol. The highest BCUT2D eigenvalue weighted by molar-refractivity contribution is 5.99. The van der Waals surface area contributed by atoms with Crippen molar-refractivity contribution in [2.75, 3.05) is 0 Å². The third kappa shape index (κ3) is 2.69. The third-order valence-electron chi connectivity index (χ3n) is 4.19. The molecule has 1 saturated carbocycles. The van der Waals surface area contributed by atoms with Crippen LogP contribution in [0.1, 0.15) is 36.2 Å². The number of fused-ring (bicyclic) bond motifs is 1. The Kier molecular flexibility index (Phi) is 3.51. The van der Waals surface area contributed by atoms with Gasteiger partial charge < -0.3 is 4.42 Å². The molecule has 2 nitrogen and oxygen atoms in total. The van der Waals surface area contributed by atoms with E-state index in [-0.39, 0.29) is 18.6 Å². The fourth-order valence-corrected chi connectivity index (χ4v) is 3.12. The van der Waals surface area contributed by atoms with Crippen molar-refractivity contribution < 1.29 is 22.4 Å². The molecule has 112 valence electrons. The number of carbonyl (C=O) groups is 1. The molecule has 2 unspecified atom stereocenters. The molecule has 1 aliphatic rings. The molecule has 0 radical (unpaired) electrons. The second-order valence-electron chi connectivity index (χ2n) is 5.55. The number of rotatable bonds is 2. The van der Waals surface area contributed by atoms with Crippen LogP contribution in [0.15, 0.2) is 34.7 Å². The molecule has 1 aliphatic carbocycles. The SMILES string of the molecule is O=C(c1cc2ccccc2o1)C1CCCCC1C(F)(F)F. The van der Waals surface area contributed by atoms with Crippen LogP contribution in [0.2, 0.25) is 0 Å². The molecule has 3 rings (SSSR count). The molecule has 2 aromatic rings. The summed E-state index contributed by atoms with van der Waals surface area (Å²) >= 11 is 0. The summed E-state index contributed by atoms with van der Waals surface area (Å²) in [5.74, 6) is -3.04. The van der Waals surface area contributed by atoms with Crippen molar-refractivity contribution >= 4 is 16.8 Å². The summed E-state index contributed by atoms with van der Waals surface area (Å²) in [6, 6.07) is 8.58. The molecular formula is C16H15F3O2. The van der Waals surface area contributed by atoms with Crippen LogP contribution in [0.25, 0.3) is 11.0 Å². The topological polar surface area (TPSA) is 30.2 Å². The van der Waals surface area contributed by atoms with Crippen LogP contribution in [0.4, 0.5) is 13.2 Å². The number of furan rings is 1. The zero-order valence-corrected chi connectivity index (χ0v) is 11.3. The fourth-order valence-electron chi connectivity index (χ4n) is 3.12.